The van der Waals surface area contributed by atoms with Gasteiger partial charge in [-0.1, -0.05) is 6.42 Å². The van der Waals surface area contributed by atoms with E-state index in [0.717, 1.165) is 71.0 Å². The third kappa shape index (κ3) is 2.49. The van der Waals surface area contributed by atoms with Crippen molar-refractivity contribution in [3.8, 4) is 0 Å². The smallest absolute Gasteiger partial charge is 0.320 e. The van der Waals surface area contributed by atoms with Crippen LogP contribution in [0.15, 0.2) is 0 Å². The van der Waals surface area contributed by atoms with Crippen LogP contribution in [0.5, 0.6) is 0 Å². The van der Waals surface area contributed by atoms with Gasteiger partial charge in [0.1, 0.15) is 5.78 Å². The van der Waals surface area contributed by atoms with E-state index in [-0.39, 0.29) is 18.0 Å². The Balaban J connectivity index is 1.69. The molecule has 1 saturated carbocycles. The Labute approximate surface area is 115 Å². The summed E-state index contributed by atoms with van der Waals surface area (Å²) < 4.78 is 0. The van der Waals surface area contributed by atoms with Crippen molar-refractivity contribution in [1.29, 1.82) is 0 Å². The molecule has 4 nitrogen and oxygen atoms in total. The highest BCUT2D eigenvalue weighted by atomic mass is 16.2. The van der Waals surface area contributed by atoms with Gasteiger partial charge in [-0.25, -0.2) is 4.79 Å². The number of likely N-dealkylation sites (tertiary alicyclic amines) is 2. The molecule has 0 spiro atoms. The molecular formula is C15H24N2O2. The van der Waals surface area contributed by atoms with E-state index >= 15 is 0 Å². The third-order valence-electron chi connectivity index (χ3n) is 4.99. The molecule has 19 heavy (non-hydrogen) atoms. The lowest BCUT2D eigenvalue weighted by Crippen LogP contribution is -2.48. The summed E-state index contributed by atoms with van der Waals surface area (Å²) in [5, 5.41) is 0. The number of Topliss-reactive ketones (excluding diaryl/α,β-unsaturated/α-hetero) is 1. The van der Waals surface area contributed by atoms with Crippen LogP contribution in [0.2, 0.25) is 0 Å². The summed E-state index contributed by atoms with van der Waals surface area (Å²) in [7, 11) is 0. The molecule has 2 amide bonds. The topological polar surface area (TPSA) is 40.6 Å². The van der Waals surface area contributed by atoms with Crippen molar-refractivity contribution in [2.24, 2.45) is 5.92 Å². The minimum Gasteiger partial charge on any atom is -0.325 e. The van der Waals surface area contributed by atoms with Crippen LogP contribution in [0.4, 0.5) is 4.79 Å². The molecule has 0 aromatic carbocycles. The molecule has 2 heterocycles. The fourth-order valence-electron chi connectivity index (χ4n) is 3.96. The first-order valence-electron chi connectivity index (χ1n) is 7.85. The summed E-state index contributed by atoms with van der Waals surface area (Å²) in [5.41, 5.74) is 0. The molecule has 2 saturated heterocycles. The molecule has 106 valence electrons. The van der Waals surface area contributed by atoms with E-state index in [2.05, 4.69) is 0 Å². The van der Waals surface area contributed by atoms with Gasteiger partial charge in [0.05, 0.1) is 0 Å². The number of hydrogen-bond acceptors (Lipinski definition) is 2. The van der Waals surface area contributed by atoms with Gasteiger partial charge in [0.2, 0.25) is 0 Å². The van der Waals surface area contributed by atoms with Gasteiger partial charge in [-0.2, -0.15) is 0 Å². The third-order valence-corrected chi connectivity index (χ3v) is 4.99. The Morgan fingerprint density at radius 3 is 2.47 bits per heavy atom. The maximum absolute atomic E-state index is 12.5. The predicted molar refractivity (Wildman–Crippen MR) is 72.9 cm³/mol. The summed E-state index contributed by atoms with van der Waals surface area (Å²) in [5.74, 6) is 0.528. The quantitative estimate of drug-likeness (QED) is 0.730. The van der Waals surface area contributed by atoms with E-state index in [4.69, 9.17) is 0 Å². The molecule has 3 fully saturated rings. The van der Waals surface area contributed by atoms with Crippen LogP contribution in [-0.2, 0) is 4.79 Å². The lowest BCUT2D eigenvalue weighted by Gasteiger charge is -2.35. The van der Waals surface area contributed by atoms with Crippen LogP contribution in [0.3, 0.4) is 0 Å². The second-order valence-electron chi connectivity index (χ2n) is 6.20. The van der Waals surface area contributed by atoms with E-state index in [9.17, 15) is 9.59 Å². The lowest BCUT2D eigenvalue weighted by atomic mass is 9.82. The van der Waals surface area contributed by atoms with Crippen LogP contribution < -0.4 is 0 Å². The molecule has 0 bridgehead atoms. The van der Waals surface area contributed by atoms with Gasteiger partial charge in [-0.3, -0.25) is 4.79 Å². The Bertz CT molecular complexity index is 363. The van der Waals surface area contributed by atoms with E-state index in [1.165, 1.54) is 0 Å². The standard InChI is InChI=1S/C15H24N2O2/c18-14-8-2-1-6-12(14)13-7-5-11-17(13)15(19)16-9-3-4-10-16/h12-13H,1-11H2. The van der Waals surface area contributed by atoms with E-state index in [1.54, 1.807) is 0 Å². The summed E-state index contributed by atoms with van der Waals surface area (Å²) >= 11 is 0. The average molecular weight is 264 g/mol. The minimum absolute atomic E-state index is 0.128. The lowest BCUT2D eigenvalue weighted by molar-refractivity contribution is -0.126. The Morgan fingerprint density at radius 2 is 1.74 bits per heavy atom. The molecule has 2 unspecified atom stereocenters. The van der Waals surface area contributed by atoms with E-state index in [0.29, 0.717) is 5.78 Å². The van der Waals surface area contributed by atoms with Crippen LogP contribution >= 0.6 is 0 Å². The van der Waals surface area contributed by atoms with Crippen molar-refractivity contribution < 1.29 is 9.59 Å². The molecule has 1 aliphatic carbocycles. The zero-order chi connectivity index (χ0) is 13.2. The second kappa shape index (κ2) is 5.51. The van der Waals surface area contributed by atoms with Gasteiger partial charge in [-0.05, 0) is 38.5 Å². The zero-order valence-electron chi connectivity index (χ0n) is 11.6. The molecule has 2 aliphatic heterocycles. The van der Waals surface area contributed by atoms with Crippen molar-refractivity contribution in [1.82, 2.24) is 9.80 Å². The van der Waals surface area contributed by atoms with Crippen molar-refractivity contribution in [3.63, 3.8) is 0 Å². The number of urea groups is 1. The molecule has 0 aromatic rings. The van der Waals surface area contributed by atoms with E-state index in [1.807, 2.05) is 9.80 Å². The van der Waals surface area contributed by atoms with E-state index < -0.39 is 0 Å². The first kappa shape index (κ1) is 12.9. The van der Waals surface area contributed by atoms with Crippen LogP contribution in [0.25, 0.3) is 0 Å². The fourth-order valence-corrected chi connectivity index (χ4v) is 3.96. The second-order valence-corrected chi connectivity index (χ2v) is 6.20. The maximum Gasteiger partial charge on any atom is 0.320 e. The Hall–Kier alpha value is -1.06. The Kier molecular flexibility index (Phi) is 3.76. The summed E-state index contributed by atoms with van der Waals surface area (Å²) in [4.78, 5) is 28.7. The highest BCUT2D eigenvalue weighted by Gasteiger charge is 2.40. The van der Waals surface area contributed by atoms with Gasteiger partial charge in [0, 0.05) is 38.0 Å². The monoisotopic (exact) mass is 264 g/mol. The molecule has 0 aromatic heterocycles. The molecule has 0 radical (unpaired) electrons. The predicted octanol–water partition coefficient (Wildman–Crippen LogP) is 2.43. The largest absolute Gasteiger partial charge is 0.325 e. The number of hydrogen-bond donors (Lipinski definition) is 0. The van der Waals surface area contributed by atoms with Gasteiger partial charge < -0.3 is 9.80 Å². The SMILES string of the molecule is O=C1CCCCC1C1CCCN1C(=O)N1CCCC1. The summed E-state index contributed by atoms with van der Waals surface area (Å²) in [6.45, 7) is 2.66. The molecule has 3 rings (SSSR count). The van der Waals surface area contributed by atoms with Crippen LogP contribution in [-0.4, -0.2) is 47.3 Å². The Morgan fingerprint density at radius 1 is 0.947 bits per heavy atom. The number of carbonyl (C=O) groups is 2. The maximum atomic E-state index is 12.5. The van der Waals surface area contributed by atoms with Gasteiger partial charge in [0.25, 0.3) is 0 Å². The normalized spacial score (nSPS) is 32.1. The number of nitrogens with zero attached hydrogens (tertiary/aromatic N) is 2. The number of rotatable bonds is 1. The highest BCUT2D eigenvalue weighted by molar-refractivity contribution is 5.83. The highest BCUT2D eigenvalue weighted by Crippen LogP contribution is 2.33. The van der Waals surface area contributed by atoms with Crippen molar-refractivity contribution in [2.75, 3.05) is 19.6 Å². The minimum atomic E-state index is 0.128. The molecule has 3 aliphatic rings. The van der Waals surface area contributed by atoms with Crippen LogP contribution in [0, 0.1) is 5.92 Å². The number of amides is 2. The van der Waals surface area contributed by atoms with Crippen molar-refractivity contribution in [3.05, 3.63) is 0 Å². The molecular weight excluding hydrogens is 240 g/mol. The van der Waals surface area contributed by atoms with Gasteiger partial charge in [-0.15, -0.1) is 0 Å². The average Bonchev–Trinajstić information content (AvgIpc) is 3.10. The van der Waals surface area contributed by atoms with Crippen molar-refractivity contribution in [2.45, 2.75) is 57.4 Å². The molecule has 0 N–H and O–H groups in total. The van der Waals surface area contributed by atoms with Crippen LogP contribution in [0.1, 0.15) is 51.4 Å². The first-order valence-corrected chi connectivity index (χ1v) is 7.85. The summed E-state index contributed by atoms with van der Waals surface area (Å²) in [6, 6.07) is 0.388. The molecule has 2 atom stereocenters. The number of ketones is 1. The van der Waals surface area contributed by atoms with Gasteiger partial charge >= 0.3 is 6.03 Å². The summed E-state index contributed by atoms with van der Waals surface area (Å²) in [6.07, 6.45) is 8.27. The van der Waals surface area contributed by atoms with Crippen molar-refractivity contribution >= 4 is 11.8 Å². The number of carbonyl (C=O) groups excluding carboxylic acids is 2. The first-order chi connectivity index (χ1) is 9.27. The zero-order valence-corrected chi connectivity index (χ0v) is 11.6. The fraction of sp³-hybridized carbons (Fsp3) is 0.867. The molecule has 4 heteroatoms. The van der Waals surface area contributed by atoms with Gasteiger partial charge in [0.15, 0.2) is 0 Å².